The zero-order valence-electron chi connectivity index (χ0n) is 10.0. The molecular formula is C11H19N5O. The Balaban J connectivity index is 1.47. The van der Waals surface area contributed by atoms with Gasteiger partial charge >= 0.3 is 0 Å². The van der Waals surface area contributed by atoms with E-state index in [-0.39, 0.29) is 0 Å². The number of fused-ring (bicyclic) bond motifs is 1. The van der Waals surface area contributed by atoms with Gasteiger partial charge in [0.2, 0.25) is 0 Å². The number of nitrogens with zero attached hydrogens (tertiary/aromatic N) is 4. The van der Waals surface area contributed by atoms with Crippen LogP contribution in [0.15, 0.2) is 6.33 Å². The van der Waals surface area contributed by atoms with Gasteiger partial charge in [-0.1, -0.05) is 0 Å². The molecule has 0 aliphatic carbocycles. The molecule has 0 spiro atoms. The average Bonchev–Trinajstić information content (AvgIpc) is 2.85. The number of morpholine rings is 1. The van der Waals surface area contributed by atoms with Gasteiger partial charge in [-0.05, 0) is 6.42 Å². The van der Waals surface area contributed by atoms with Crippen LogP contribution in [-0.2, 0) is 17.8 Å². The van der Waals surface area contributed by atoms with Crippen LogP contribution in [-0.4, -0.2) is 58.6 Å². The van der Waals surface area contributed by atoms with Crippen LogP contribution in [0, 0.1) is 0 Å². The van der Waals surface area contributed by atoms with Gasteiger partial charge in [-0.3, -0.25) is 4.90 Å². The van der Waals surface area contributed by atoms with Crippen molar-refractivity contribution in [2.75, 3.05) is 32.8 Å². The highest BCUT2D eigenvalue weighted by Gasteiger charge is 2.19. The van der Waals surface area contributed by atoms with Gasteiger partial charge in [-0.15, -0.1) is 10.2 Å². The molecule has 3 heterocycles. The molecule has 0 aromatic carbocycles. The van der Waals surface area contributed by atoms with E-state index >= 15 is 0 Å². The molecule has 6 nitrogen and oxygen atoms in total. The molecule has 1 atom stereocenters. The number of aromatic nitrogens is 3. The maximum atomic E-state index is 5.46. The summed E-state index contributed by atoms with van der Waals surface area (Å²) < 4.78 is 7.60. The number of hydrogen-bond donors (Lipinski definition) is 1. The lowest BCUT2D eigenvalue weighted by Gasteiger charge is -2.30. The van der Waals surface area contributed by atoms with Crippen molar-refractivity contribution in [1.82, 2.24) is 25.0 Å². The highest BCUT2D eigenvalue weighted by atomic mass is 16.5. The molecule has 2 aliphatic rings. The topological polar surface area (TPSA) is 55.2 Å². The lowest BCUT2D eigenvalue weighted by molar-refractivity contribution is 0.0683. The van der Waals surface area contributed by atoms with Crippen molar-refractivity contribution in [2.45, 2.75) is 25.6 Å². The van der Waals surface area contributed by atoms with Crippen LogP contribution in [0.2, 0.25) is 0 Å². The van der Waals surface area contributed by atoms with Crippen molar-refractivity contribution >= 4 is 0 Å². The summed E-state index contributed by atoms with van der Waals surface area (Å²) in [4.78, 5) is 2.44. The standard InChI is InChI=1S/C11H19N5O/c1(10-8-17-6-2-12-10)3-15-4-5-16-9-13-14-11(16)7-15/h9-10,12H,1-8H2. The molecular weight excluding hydrogens is 218 g/mol. The van der Waals surface area contributed by atoms with E-state index in [0.29, 0.717) is 6.04 Å². The summed E-state index contributed by atoms with van der Waals surface area (Å²) in [5.41, 5.74) is 0. The normalized spacial score (nSPS) is 25.8. The fraction of sp³-hybridized carbons (Fsp3) is 0.818. The summed E-state index contributed by atoms with van der Waals surface area (Å²) in [6, 6.07) is 0.517. The predicted octanol–water partition coefficient (Wildman–Crippen LogP) is -0.528. The first-order chi connectivity index (χ1) is 8.42. The van der Waals surface area contributed by atoms with Crippen LogP contribution in [0.1, 0.15) is 12.2 Å². The molecule has 1 aromatic heterocycles. The highest BCUT2D eigenvalue weighted by Crippen LogP contribution is 2.10. The molecule has 0 saturated carbocycles. The number of hydrogen-bond acceptors (Lipinski definition) is 5. The zero-order chi connectivity index (χ0) is 11.5. The molecule has 3 rings (SSSR count). The van der Waals surface area contributed by atoms with Crippen LogP contribution >= 0.6 is 0 Å². The van der Waals surface area contributed by atoms with E-state index in [1.165, 1.54) is 0 Å². The Labute approximate surface area is 101 Å². The largest absolute Gasteiger partial charge is 0.379 e. The Morgan fingerprint density at radius 1 is 1.47 bits per heavy atom. The Morgan fingerprint density at radius 2 is 2.47 bits per heavy atom. The zero-order valence-corrected chi connectivity index (χ0v) is 10.0. The molecule has 0 bridgehead atoms. The summed E-state index contributed by atoms with van der Waals surface area (Å²) in [7, 11) is 0. The third kappa shape index (κ3) is 2.65. The summed E-state index contributed by atoms with van der Waals surface area (Å²) >= 11 is 0. The minimum Gasteiger partial charge on any atom is -0.379 e. The Bertz CT molecular complexity index is 360. The van der Waals surface area contributed by atoms with Gasteiger partial charge in [0, 0.05) is 32.2 Å². The van der Waals surface area contributed by atoms with Crippen LogP contribution in [0.5, 0.6) is 0 Å². The number of ether oxygens (including phenoxy) is 1. The van der Waals surface area contributed by atoms with Crippen LogP contribution in [0.4, 0.5) is 0 Å². The highest BCUT2D eigenvalue weighted by molar-refractivity contribution is 4.90. The molecule has 1 N–H and O–H groups in total. The predicted molar refractivity (Wildman–Crippen MR) is 62.5 cm³/mol. The van der Waals surface area contributed by atoms with Gasteiger partial charge in [0.05, 0.1) is 19.8 Å². The first-order valence-electron chi connectivity index (χ1n) is 6.32. The van der Waals surface area contributed by atoms with E-state index in [1.807, 2.05) is 6.33 Å². The van der Waals surface area contributed by atoms with E-state index < -0.39 is 0 Å². The SMILES string of the molecule is c1nnc2n1CCN(CCC1COCCN1)C2. The molecule has 6 heteroatoms. The number of rotatable bonds is 3. The second kappa shape index (κ2) is 5.12. The minimum absolute atomic E-state index is 0.517. The van der Waals surface area contributed by atoms with Crippen molar-refractivity contribution in [2.24, 2.45) is 0 Å². The number of nitrogens with one attached hydrogen (secondary N) is 1. The summed E-state index contributed by atoms with van der Waals surface area (Å²) in [5.74, 6) is 1.09. The third-order valence-corrected chi connectivity index (χ3v) is 3.51. The van der Waals surface area contributed by atoms with Crippen molar-refractivity contribution in [1.29, 1.82) is 0 Å². The lowest BCUT2D eigenvalue weighted by Crippen LogP contribution is -2.44. The van der Waals surface area contributed by atoms with Gasteiger partial charge in [0.15, 0.2) is 0 Å². The molecule has 1 fully saturated rings. The van der Waals surface area contributed by atoms with Crippen LogP contribution < -0.4 is 5.32 Å². The lowest BCUT2D eigenvalue weighted by atomic mass is 10.2. The van der Waals surface area contributed by atoms with Gasteiger partial charge in [-0.2, -0.15) is 0 Å². The van der Waals surface area contributed by atoms with E-state index in [9.17, 15) is 0 Å². The smallest absolute Gasteiger partial charge is 0.147 e. The monoisotopic (exact) mass is 237 g/mol. The van der Waals surface area contributed by atoms with E-state index in [2.05, 4.69) is 25.0 Å². The Kier molecular flexibility index (Phi) is 3.35. The second-order valence-electron chi connectivity index (χ2n) is 4.73. The molecule has 1 saturated heterocycles. The quantitative estimate of drug-likeness (QED) is 0.766. The van der Waals surface area contributed by atoms with Crippen LogP contribution in [0.3, 0.4) is 0 Å². The second-order valence-corrected chi connectivity index (χ2v) is 4.73. The fourth-order valence-corrected chi connectivity index (χ4v) is 2.45. The molecule has 0 amide bonds. The summed E-state index contributed by atoms with van der Waals surface area (Å²) in [6.07, 6.45) is 2.97. The molecule has 17 heavy (non-hydrogen) atoms. The minimum atomic E-state index is 0.517. The maximum absolute atomic E-state index is 5.46. The first kappa shape index (κ1) is 11.1. The van der Waals surface area contributed by atoms with E-state index in [4.69, 9.17) is 4.74 Å². The van der Waals surface area contributed by atoms with Gasteiger partial charge < -0.3 is 14.6 Å². The van der Waals surface area contributed by atoms with E-state index in [0.717, 1.165) is 58.2 Å². The van der Waals surface area contributed by atoms with Gasteiger partial charge in [-0.25, -0.2) is 0 Å². The van der Waals surface area contributed by atoms with Crippen LogP contribution in [0.25, 0.3) is 0 Å². The first-order valence-corrected chi connectivity index (χ1v) is 6.32. The Hall–Kier alpha value is -0.980. The molecule has 94 valence electrons. The third-order valence-electron chi connectivity index (χ3n) is 3.51. The Morgan fingerprint density at radius 3 is 3.35 bits per heavy atom. The van der Waals surface area contributed by atoms with Crippen molar-refractivity contribution in [3.8, 4) is 0 Å². The van der Waals surface area contributed by atoms with Crippen molar-refractivity contribution in [3.63, 3.8) is 0 Å². The molecule has 1 aromatic rings. The van der Waals surface area contributed by atoms with E-state index in [1.54, 1.807) is 0 Å². The molecule has 1 unspecified atom stereocenters. The molecule has 2 aliphatic heterocycles. The van der Waals surface area contributed by atoms with Crippen molar-refractivity contribution in [3.05, 3.63) is 12.2 Å². The average molecular weight is 237 g/mol. The fourth-order valence-electron chi connectivity index (χ4n) is 2.45. The van der Waals surface area contributed by atoms with Crippen molar-refractivity contribution < 1.29 is 4.74 Å². The molecule has 0 radical (unpaired) electrons. The van der Waals surface area contributed by atoms with Gasteiger partial charge in [0.25, 0.3) is 0 Å². The summed E-state index contributed by atoms with van der Waals surface area (Å²) in [5, 5.41) is 11.6. The summed E-state index contributed by atoms with van der Waals surface area (Å²) in [6.45, 7) is 6.82. The maximum Gasteiger partial charge on any atom is 0.147 e. The van der Waals surface area contributed by atoms with Gasteiger partial charge in [0.1, 0.15) is 12.2 Å².